The third-order valence-electron chi connectivity index (χ3n) is 7.25. The first-order chi connectivity index (χ1) is 14.0. The molecule has 2 atom stereocenters. The molecule has 0 radical (unpaired) electrons. The van der Waals surface area contributed by atoms with Gasteiger partial charge in [0, 0.05) is 29.4 Å². The van der Waals surface area contributed by atoms with Crippen LogP contribution in [-0.4, -0.2) is 35.1 Å². The zero-order valence-corrected chi connectivity index (χ0v) is 17.3. The number of amides is 1. The van der Waals surface area contributed by atoms with E-state index in [2.05, 4.69) is 33.6 Å². The van der Waals surface area contributed by atoms with Crippen molar-refractivity contribution < 1.29 is 9.32 Å². The largest absolute Gasteiger partial charge is 0.361 e. The number of aryl methyl sites for hydroxylation is 2. The molecule has 0 bridgehead atoms. The van der Waals surface area contributed by atoms with E-state index < -0.39 is 5.54 Å². The van der Waals surface area contributed by atoms with Gasteiger partial charge in [-0.05, 0) is 69.7 Å². The van der Waals surface area contributed by atoms with E-state index in [0.717, 1.165) is 72.6 Å². The van der Waals surface area contributed by atoms with Gasteiger partial charge in [-0.2, -0.15) is 0 Å². The second kappa shape index (κ2) is 6.96. The van der Waals surface area contributed by atoms with Crippen molar-refractivity contribution in [2.75, 3.05) is 18.4 Å². The molecule has 1 amide bonds. The number of anilines is 1. The second-order valence-electron chi connectivity index (χ2n) is 9.01. The molecule has 2 aliphatic heterocycles. The summed E-state index contributed by atoms with van der Waals surface area (Å²) in [7, 11) is 0. The number of benzene rings is 1. The number of hydrogen-bond donors (Lipinski definition) is 2. The van der Waals surface area contributed by atoms with E-state index in [0.29, 0.717) is 5.92 Å². The van der Waals surface area contributed by atoms with Gasteiger partial charge in [-0.3, -0.25) is 9.69 Å². The average Bonchev–Trinajstić information content (AvgIpc) is 3.40. The van der Waals surface area contributed by atoms with E-state index in [1.165, 1.54) is 12.8 Å². The van der Waals surface area contributed by atoms with Crippen molar-refractivity contribution in [3.63, 3.8) is 0 Å². The molecular formula is C23H30N4O2. The third kappa shape index (κ3) is 2.76. The first-order valence-electron chi connectivity index (χ1n) is 10.9. The van der Waals surface area contributed by atoms with E-state index in [-0.39, 0.29) is 11.9 Å². The van der Waals surface area contributed by atoms with E-state index in [1.807, 2.05) is 13.8 Å². The van der Waals surface area contributed by atoms with Crippen molar-refractivity contribution >= 4 is 11.6 Å². The summed E-state index contributed by atoms with van der Waals surface area (Å²) in [6, 6.07) is 6.45. The number of carbonyl (C=O) groups excluding carboxylic acids is 1. The van der Waals surface area contributed by atoms with E-state index in [9.17, 15) is 4.79 Å². The molecule has 3 aliphatic rings. The fourth-order valence-corrected chi connectivity index (χ4v) is 6.01. The fourth-order valence-electron chi connectivity index (χ4n) is 6.01. The number of fused-ring (bicyclic) bond motifs is 1. The van der Waals surface area contributed by atoms with Gasteiger partial charge in [-0.25, -0.2) is 0 Å². The van der Waals surface area contributed by atoms with Crippen LogP contribution in [-0.2, 0) is 10.3 Å². The fraction of sp³-hybridized carbons (Fsp3) is 0.565. The van der Waals surface area contributed by atoms with Crippen molar-refractivity contribution in [1.29, 1.82) is 0 Å². The Morgan fingerprint density at radius 2 is 2.00 bits per heavy atom. The number of nitrogens with one attached hydrogen (secondary N) is 1. The SMILES string of the molecule is Cc1noc(C)c1-c1ccc2c(c1)C(C1CCCC1)(N1CCC[C@H](N)C1)C(=O)N2. The second-order valence-corrected chi connectivity index (χ2v) is 9.01. The van der Waals surface area contributed by atoms with E-state index in [4.69, 9.17) is 10.3 Å². The number of hydrogen-bond acceptors (Lipinski definition) is 5. The van der Waals surface area contributed by atoms with E-state index >= 15 is 0 Å². The van der Waals surface area contributed by atoms with Crippen LogP contribution in [0.3, 0.4) is 0 Å². The summed E-state index contributed by atoms with van der Waals surface area (Å²) in [4.78, 5) is 16.1. The zero-order chi connectivity index (χ0) is 20.2. The summed E-state index contributed by atoms with van der Waals surface area (Å²) >= 11 is 0. The molecule has 1 aromatic carbocycles. The van der Waals surface area contributed by atoms with Gasteiger partial charge in [0.1, 0.15) is 11.3 Å². The number of likely N-dealkylation sites (tertiary alicyclic amines) is 1. The Hall–Kier alpha value is -2.18. The Morgan fingerprint density at radius 3 is 2.69 bits per heavy atom. The highest BCUT2D eigenvalue weighted by molar-refractivity contribution is 6.06. The quantitative estimate of drug-likeness (QED) is 0.829. The van der Waals surface area contributed by atoms with Crippen LogP contribution in [0.15, 0.2) is 22.7 Å². The molecule has 1 saturated carbocycles. The summed E-state index contributed by atoms with van der Waals surface area (Å²) in [5, 5.41) is 7.35. The normalized spacial score (nSPS) is 28.0. The van der Waals surface area contributed by atoms with Crippen molar-refractivity contribution in [3.8, 4) is 11.1 Å². The zero-order valence-electron chi connectivity index (χ0n) is 17.3. The molecule has 2 fully saturated rings. The van der Waals surface area contributed by atoms with Crippen LogP contribution in [0.1, 0.15) is 55.5 Å². The van der Waals surface area contributed by atoms with Gasteiger partial charge < -0.3 is 15.6 Å². The molecule has 0 spiro atoms. The highest BCUT2D eigenvalue weighted by atomic mass is 16.5. The average molecular weight is 395 g/mol. The molecule has 1 aromatic heterocycles. The van der Waals surface area contributed by atoms with Gasteiger partial charge in [0.2, 0.25) is 5.91 Å². The number of aromatic nitrogens is 1. The molecule has 154 valence electrons. The number of nitrogens with zero attached hydrogens (tertiary/aromatic N) is 2. The maximum absolute atomic E-state index is 13.7. The number of rotatable bonds is 3. The Balaban J connectivity index is 1.68. The van der Waals surface area contributed by atoms with Crippen molar-refractivity contribution in [2.45, 2.75) is 64.0 Å². The Labute approximate surface area is 171 Å². The highest BCUT2D eigenvalue weighted by Gasteiger charge is 2.57. The molecule has 1 aliphatic carbocycles. The molecule has 1 unspecified atom stereocenters. The van der Waals surface area contributed by atoms with Crippen molar-refractivity contribution in [3.05, 3.63) is 35.2 Å². The molecule has 5 rings (SSSR count). The lowest BCUT2D eigenvalue weighted by Gasteiger charge is -2.47. The van der Waals surface area contributed by atoms with Crippen molar-refractivity contribution in [1.82, 2.24) is 10.1 Å². The molecular weight excluding hydrogens is 364 g/mol. The lowest BCUT2D eigenvalue weighted by atomic mass is 9.74. The van der Waals surface area contributed by atoms with Crippen LogP contribution in [0.25, 0.3) is 11.1 Å². The molecule has 3 N–H and O–H groups in total. The first-order valence-corrected chi connectivity index (χ1v) is 10.9. The van der Waals surface area contributed by atoms with Crippen LogP contribution < -0.4 is 11.1 Å². The minimum absolute atomic E-state index is 0.129. The predicted octanol–water partition coefficient (Wildman–Crippen LogP) is 3.72. The maximum atomic E-state index is 13.7. The monoisotopic (exact) mass is 394 g/mol. The van der Waals surface area contributed by atoms with Crippen LogP contribution in [0.2, 0.25) is 0 Å². The predicted molar refractivity (Wildman–Crippen MR) is 112 cm³/mol. The molecule has 3 heterocycles. The highest BCUT2D eigenvalue weighted by Crippen LogP contribution is 2.52. The van der Waals surface area contributed by atoms with Crippen molar-refractivity contribution in [2.24, 2.45) is 11.7 Å². The molecule has 1 saturated heterocycles. The van der Waals surface area contributed by atoms with E-state index in [1.54, 1.807) is 0 Å². The molecule has 6 nitrogen and oxygen atoms in total. The summed E-state index contributed by atoms with van der Waals surface area (Å²) < 4.78 is 5.41. The summed E-state index contributed by atoms with van der Waals surface area (Å²) in [6.07, 6.45) is 6.64. The third-order valence-corrected chi connectivity index (χ3v) is 7.25. The van der Waals surface area contributed by atoms with Crippen LogP contribution >= 0.6 is 0 Å². The van der Waals surface area contributed by atoms with Gasteiger partial charge >= 0.3 is 0 Å². The van der Waals surface area contributed by atoms with Gasteiger partial charge in [0.15, 0.2) is 0 Å². The van der Waals surface area contributed by atoms with Gasteiger partial charge in [-0.15, -0.1) is 0 Å². The number of nitrogens with two attached hydrogens (primary N) is 1. The van der Waals surface area contributed by atoms with Gasteiger partial charge in [-0.1, -0.05) is 24.1 Å². The van der Waals surface area contributed by atoms with Crippen LogP contribution in [0, 0.1) is 19.8 Å². The minimum atomic E-state index is -0.612. The summed E-state index contributed by atoms with van der Waals surface area (Å²) in [5.74, 6) is 1.27. The Morgan fingerprint density at radius 1 is 1.21 bits per heavy atom. The Kier molecular flexibility index (Phi) is 4.51. The lowest BCUT2D eigenvalue weighted by Crippen LogP contribution is -2.60. The van der Waals surface area contributed by atoms with Gasteiger partial charge in [0.05, 0.1) is 5.69 Å². The van der Waals surface area contributed by atoms with Gasteiger partial charge in [0.25, 0.3) is 0 Å². The smallest absolute Gasteiger partial charge is 0.249 e. The summed E-state index contributed by atoms with van der Waals surface area (Å²) in [6.45, 7) is 5.61. The van der Waals surface area contributed by atoms with Crippen LogP contribution in [0.4, 0.5) is 5.69 Å². The van der Waals surface area contributed by atoms with Crippen LogP contribution in [0.5, 0.6) is 0 Å². The lowest BCUT2D eigenvalue weighted by molar-refractivity contribution is -0.133. The topological polar surface area (TPSA) is 84.4 Å². The number of carbonyl (C=O) groups is 1. The number of piperidine rings is 1. The first kappa shape index (κ1) is 18.8. The minimum Gasteiger partial charge on any atom is -0.361 e. The molecule has 6 heteroatoms. The summed E-state index contributed by atoms with van der Waals surface area (Å²) in [5.41, 5.74) is 10.8. The Bertz CT molecular complexity index is 927. The standard InChI is InChI=1S/C23H30N4O2/c1-14-21(15(2)29-26-14)16-9-10-20-19(12-16)23(22(28)25-20,17-6-3-4-7-17)27-11-5-8-18(24)13-27/h9-10,12,17-18H,3-8,11,13,24H2,1-2H3,(H,25,28)/t18-,23?/m0/s1. The molecule has 2 aromatic rings. The molecule has 29 heavy (non-hydrogen) atoms. The maximum Gasteiger partial charge on any atom is 0.249 e.